The Morgan fingerprint density at radius 3 is 2.73 bits per heavy atom. The summed E-state index contributed by atoms with van der Waals surface area (Å²) in [5.41, 5.74) is 6.31. The topological polar surface area (TPSA) is 34.0 Å². The minimum atomic E-state index is 0.389. The van der Waals surface area contributed by atoms with Crippen LogP contribution in [0, 0.1) is 0 Å². The average molecular weight is 433 g/mol. The standard InChI is InChI=1S/C24H24N4S2/c1-16(17-7-8-22-21(13-17)25-24(30-22)23-15-29-23)27-11-9-18-14-28(26-20(18)10-12-27)19-5-3-2-4-6-19/h2-8,13-14,16,23H,9-12,15H2,1H3. The molecule has 2 aromatic heterocycles. The molecule has 0 saturated carbocycles. The minimum absolute atomic E-state index is 0.389. The summed E-state index contributed by atoms with van der Waals surface area (Å²) in [4.78, 5) is 7.51. The van der Waals surface area contributed by atoms with Gasteiger partial charge in [-0.3, -0.25) is 4.90 Å². The highest BCUT2D eigenvalue weighted by Crippen LogP contribution is 2.48. The molecule has 1 saturated heterocycles. The Hall–Kier alpha value is -2.15. The fourth-order valence-electron chi connectivity index (χ4n) is 4.35. The molecule has 2 aliphatic heterocycles. The van der Waals surface area contributed by atoms with Crippen molar-refractivity contribution < 1.29 is 0 Å². The number of para-hydroxylation sites is 1. The fraction of sp³-hybridized carbons (Fsp3) is 0.333. The van der Waals surface area contributed by atoms with E-state index >= 15 is 0 Å². The molecule has 0 spiro atoms. The van der Waals surface area contributed by atoms with E-state index in [0.717, 1.165) is 31.6 Å². The van der Waals surface area contributed by atoms with Crippen molar-refractivity contribution in [2.75, 3.05) is 18.8 Å². The summed E-state index contributed by atoms with van der Waals surface area (Å²) in [5, 5.41) is 6.84. The molecule has 4 heterocycles. The number of hydrogen-bond acceptors (Lipinski definition) is 5. The van der Waals surface area contributed by atoms with Crippen molar-refractivity contribution >= 4 is 33.3 Å². The van der Waals surface area contributed by atoms with E-state index in [1.165, 1.54) is 37.8 Å². The molecule has 0 amide bonds. The highest BCUT2D eigenvalue weighted by molar-refractivity contribution is 8.06. The molecule has 0 aliphatic carbocycles. The van der Waals surface area contributed by atoms with Gasteiger partial charge in [-0.2, -0.15) is 5.10 Å². The maximum Gasteiger partial charge on any atom is 0.108 e. The Morgan fingerprint density at radius 2 is 1.90 bits per heavy atom. The van der Waals surface area contributed by atoms with Gasteiger partial charge in [-0.15, -0.1) is 23.1 Å². The summed E-state index contributed by atoms with van der Waals surface area (Å²) in [6.07, 6.45) is 4.27. The molecule has 4 aromatic rings. The van der Waals surface area contributed by atoms with Crippen molar-refractivity contribution in [2.45, 2.75) is 31.1 Å². The number of benzene rings is 2. The van der Waals surface area contributed by atoms with Crippen LogP contribution >= 0.6 is 23.1 Å². The molecule has 2 aliphatic rings. The lowest BCUT2D eigenvalue weighted by Gasteiger charge is -2.28. The van der Waals surface area contributed by atoms with Crippen LogP contribution in [0.1, 0.15) is 40.0 Å². The molecular weight excluding hydrogens is 408 g/mol. The van der Waals surface area contributed by atoms with Crippen molar-refractivity contribution in [1.29, 1.82) is 0 Å². The molecule has 1 fully saturated rings. The number of thiazole rings is 1. The summed E-state index contributed by atoms with van der Waals surface area (Å²) < 4.78 is 3.36. The number of rotatable bonds is 4. The van der Waals surface area contributed by atoms with Gasteiger partial charge in [0.2, 0.25) is 0 Å². The number of hydrogen-bond donors (Lipinski definition) is 0. The molecule has 6 heteroatoms. The van der Waals surface area contributed by atoms with Gasteiger partial charge >= 0.3 is 0 Å². The SMILES string of the molecule is CC(c1ccc2sc(C3CS3)nc2c1)N1CCc2cn(-c3ccccc3)nc2CC1. The Balaban J connectivity index is 1.20. The largest absolute Gasteiger partial charge is 0.296 e. The van der Waals surface area contributed by atoms with Gasteiger partial charge in [0.05, 0.1) is 26.8 Å². The van der Waals surface area contributed by atoms with Crippen molar-refractivity contribution in [1.82, 2.24) is 19.7 Å². The first-order valence-corrected chi connectivity index (χ1v) is 12.5. The normalized spacial score (nSPS) is 20.1. The molecule has 2 unspecified atom stereocenters. The number of thioether (sulfide) groups is 1. The van der Waals surface area contributed by atoms with Crippen LogP contribution in [0.4, 0.5) is 0 Å². The zero-order valence-corrected chi connectivity index (χ0v) is 18.6. The van der Waals surface area contributed by atoms with Gasteiger partial charge in [0.15, 0.2) is 0 Å². The Morgan fingerprint density at radius 1 is 1.07 bits per heavy atom. The van der Waals surface area contributed by atoms with E-state index in [0.29, 0.717) is 11.3 Å². The fourth-order valence-corrected chi connectivity index (χ4v) is 6.18. The van der Waals surface area contributed by atoms with Crippen LogP contribution in [-0.4, -0.2) is 38.5 Å². The van der Waals surface area contributed by atoms with Gasteiger partial charge in [0.1, 0.15) is 5.01 Å². The van der Waals surface area contributed by atoms with Crippen molar-refractivity contribution in [3.8, 4) is 5.69 Å². The summed E-state index contributed by atoms with van der Waals surface area (Å²) in [5.74, 6) is 1.23. The van der Waals surface area contributed by atoms with Gasteiger partial charge in [-0.1, -0.05) is 24.3 Å². The highest BCUT2D eigenvalue weighted by atomic mass is 32.2. The quantitative estimate of drug-likeness (QED) is 0.403. The lowest BCUT2D eigenvalue weighted by molar-refractivity contribution is 0.220. The minimum Gasteiger partial charge on any atom is -0.296 e. The Bertz CT molecular complexity index is 1170. The Labute approximate surface area is 184 Å². The Kier molecular flexibility index (Phi) is 4.66. The van der Waals surface area contributed by atoms with E-state index in [-0.39, 0.29) is 0 Å². The monoisotopic (exact) mass is 432 g/mol. The maximum absolute atomic E-state index is 4.91. The average Bonchev–Trinajstić information content (AvgIpc) is 3.47. The van der Waals surface area contributed by atoms with E-state index in [1.54, 1.807) is 0 Å². The van der Waals surface area contributed by atoms with E-state index in [4.69, 9.17) is 10.1 Å². The number of nitrogens with zero attached hydrogens (tertiary/aromatic N) is 4. The molecule has 0 N–H and O–H groups in total. The summed E-state index contributed by atoms with van der Waals surface area (Å²) in [6, 6.07) is 17.7. The molecule has 6 rings (SSSR count). The third kappa shape index (κ3) is 3.47. The molecule has 30 heavy (non-hydrogen) atoms. The molecule has 4 nitrogen and oxygen atoms in total. The van der Waals surface area contributed by atoms with Crippen molar-refractivity contribution in [3.05, 3.63) is 76.6 Å². The van der Waals surface area contributed by atoms with Gasteiger partial charge in [0.25, 0.3) is 0 Å². The smallest absolute Gasteiger partial charge is 0.108 e. The highest BCUT2D eigenvalue weighted by Gasteiger charge is 2.28. The second kappa shape index (κ2) is 7.52. The van der Waals surface area contributed by atoms with Gasteiger partial charge in [-0.05, 0) is 48.7 Å². The van der Waals surface area contributed by atoms with Crippen molar-refractivity contribution in [3.63, 3.8) is 0 Å². The summed E-state index contributed by atoms with van der Waals surface area (Å²) in [7, 11) is 0. The number of fused-ring (bicyclic) bond motifs is 2. The zero-order valence-electron chi connectivity index (χ0n) is 17.0. The van der Waals surface area contributed by atoms with Crippen molar-refractivity contribution in [2.24, 2.45) is 0 Å². The molecule has 0 radical (unpaired) electrons. The van der Waals surface area contributed by atoms with Crippen LogP contribution in [0.15, 0.2) is 54.7 Å². The third-order valence-electron chi connectivity index (χ3n) is 6.27. The zero-order chi connectivity index (χ0) is 20.1. The van der Waals surface area contributed by atoms with E-state index in [9.17, 15) is 0 Å². The van der Waals surface area contributed by atoms with Gasteiger partial charge < -0.3 is 0 Å². The van der Waals surface area contributed by atoms with Crippen LogP contribution in [0.2, 0.25) is 0 Å². The van der Waals surface area contributed by atoms with Gasteiger partial charge in [-0.25, -0.2) is 9.67 Å². The maximum atomic E-state index is 4.91. The lowest BCUT2D eigenvalue weighted by Crippen LogP contribution is -2.29. The molecule has 2 atom stereocenters. The van der Waals surface area contributed by atoms with Crippen LogP contribution in [-0.2, 0) is 12.8 Å². The van der Waals surface area contributed by atoms with Gasteiger partial charge in [0, 0.05) is 37.5 Å². The van der Waals surface area contributed by atoms with Crippen LogP contribution in [0.5, 0.6) is 0 Å². The number of aromatic nitrogens is 3. The lowest BCUT2D eigenvalue weighted by atomic mass is 10.1. The third-order valence-corrected chi connectivity index (χ3v) is 8.46. The molecule has 0 bridgehead atoms. The predicted molar refractivity (Wildman–Crippen MR) is 126 cm³/mol. The molecular formula is C24H24N4S2. The van der Waals surface area contributed by atoms with E-state index in [2.05, 4.69) is 60.5 Å². The molecule has 2 aromatic carbocycles. The van der Waals surface area contributed by atoms with Crippen LogP contribution in [0.25, 0.3) is 15.9 Å². The molecule has 152 valence electrons. The van der Waals surface area contributed by atoms with Crippen LogP contribution in [0.3, 0.4) is 0 Å². The van der Waals surface area contributed by atoms with E-state index < -0.39 is 0 Å². The summed E-state index contributed by atoms with van der Waals surface area (Å²) >= 11 is 3.86. The first-order valence-electron chi connectivity index (χ1n) is 10.6. The first kappa shape index (κ1) is 18.6. The van der Waals surface area contributed by atoms with Crippen LogP contribution < -0.4 is 0 Å². The van der Waals surface area contributed by atoms with E-state index in [1.807, 2.05) is 33.8 Å². The predicted octanol–water partition coefficient (Wildman–Crippen LogP) is 5.43. The second-order valence-electron chi connectivity index (χ2n) is 8.19. The second-order valence-corrected chi connectivity index (χ2v) is 10.5. The first-order chi connectivity index (χ1) is 14.7. The summed E-state index contributed by atoms with van der Waals surface area (Å²) in [6.45, 7) is 4.44.